The summed E-state index contributed by atoms with van der Waals surface area (Å²) in [4.78, 5) is 19.6. The summed E-state index contributed by atoms with van der Waals surface area (Å²) in [6, 6.07) is 0.305. The Kier molecular flexibility index (Phi) is 4.57. The van der Waals surface area contributed by atoms with Crippen molar-refractivity contribution in [3.63, 3.8) is 0 Å². The summed E-state index contributed by atoms with van der Waals surface area (Å²) < 4.78 is 1.91. The van der Waals surface area contributed by atoms with E-state index in [1.165, 1.54) is 0 Å². The molecule has 5 nitrogen and oxygen atoms in total. The van der Waals surface area contributed by atoms with E-state index in [9.17, 15) is 4.79 Å². The molecule has 0 unspecified atom stereocenters. The van der Waals surface area contributed by atoms with E-state index >= 15 is 0 Å². The molecule has 2 heterocycles. The second-order valence-electron chi connectivity index (χ2n) is 5.74. The van der Waals surface area contributed by atoms with Crippen molar-refractivity contribution in [2.24, 2.45) is 5.92 Å². The highest BCUT2D eigenvalue weighted by molar-refractivity contribution is 5.73. The minimum absolute atomic E-state index is 0.0778. The lowest BCUT2D eigenvalue weighted by Crippen LogP contribution is -2.15. The van der Waals surface area contributed by atoms with Crippen LogP contribution < -0.4 is 5.56 Å². The lowest BCUT2D eigenvalue weighted by Gasteiger charge is -2.13. The standard InChI is InChI=1S/C15H24N4O/c1-5-11(6-2)19-14-12(9-16-19)15(20)18-13(17-14)8-7-10(3)4/h9-11H,5-8H2,1-4H3,(H,17,18,20). The van der Waals surface area contributed by atoms with Gasteiger partial charge in [-0.1, -0.05) is 27.7 Å². The molecule has 0 aliphatic rings. The SMILES string of the molecule is CCC(CC)n1ncc2c(=O)[nH]c(CCC(C)C)nc21. The molecule has 110 valence electrons. The number of hydrogen-bond donors (Lipinski definition) is 1. The topological polar surface area (TPSA) is 63.6 Å². The average Bonchev–Trinajstić information content (AvgIpc) is 2.83. The Hall–Kier alpha value is -1.65. The smallest absolute Gasteiger partial charge is 0.262 e. The molecular weight excluding hydrogens is 252 g/mol. The number of aromatic amines is 1. The van der Waals surface area contributed by atoms with Gasteiger partial charge in [0, 0.05) is 6.42 Å². The van der Waals surface area contributed by atoms with E-state index in [-0.39, 0.29) is 5.56 Å². The van der Waals surface area contributed by atoms with Crippen molar-refractivity contribution in [2.75, 3.05) is 0 Å². The molecule has 0 atom stereocenters. The molecule has 0 fully saturated rings. The third-order valence-corrected chi connectivity index (χ3v) is 3.76. The van der Waals surface area contributed by atoms with E-state index < -0.39 is 0 Å². The number of nitrogens with one attached hydrogen (secondary N) is 1. The average molecular weight is 276 g/mol. The predicted octanol–water partition coefficient (Wildman–Crippen LogP) is 3.07. The molecule has 0 saturated heterocycles. The molecule has 1 N–H and O–H groups in total. The fourth-order valence-electron chi connectivity index (χ4n) is 2.43. The van der Waals surface area contributed by atoms with E-state index in [0.29, 0.717) is 17.3 Å². The Labute approximate surface area is 119 Å². The maximum Gasteiger partial charge on any atom is 0.262 e. The van der Waals surface area contributed by atoms with Crippen LogP contribution >= 0.6 is 0 Å². The third-order valence-electron chi connectivity index (χ3n) is 3.76. The van der Waals surface area contributed by atoms with Crippen LogP contribution in [0.3, 0.4) is 0 Å². The van der Waals surface area contributed by atoms with Crippen molar-refractivity contribution in [3.8, 4) is 0 Å². The monoisotopic (exact) mass is 276 g/mol. The highest BCUT2D eigenvalue weighted by atomic mass is 16.1. The van der Waals surface area contributed by atoms with Crippen LogP contribution in [0.1, 0.15) is 58.8 Å². The zero-order chi connectivity index (χ0) is 14.7. The van der Waals surface area contributed by atoms with Gasteiger partial charge in [0.25, 0.3) is 5.56 Å². The summed E-state index contributed by atoms with van der Waals surface area (Å²) in [5.41, 5.74) is 0.646. The first kappa shape index (κ1) is 14.8. The Morgan fingerprint density at radius 1 is 1.30 bits per heavy atom. The number of fused-ring (bicyclic) bond motifs is 1. The zero-order valence-electron chi connectivity index (χ0n) is 12.8. The molecule has 2 aromatic heterocycles. The number of aryl methyl sites for hydroxylation is 1. The number of nitrogens with zero attached hydrogens (tertiary/aromatic N) is 3. The Morgan fingerprint density at radius 2 is 2.00 bits per heavy atom. The number of hydrogen-bond acceptors (Lipinski definition) is 3. The maximum absolute atomic E-state index is 12.1. The summed E-state index contributed by atoms with van der Waals surface area (Å²) in [6.07, 6.45) is 5.43. The molecule has 5 heteroatoms. The molecule has 0 aromatic carbocycles. The van der Waals surface area contributed by atoms with Crippen LogP contribution in [0, 0.1) is 5.92 Å². The first-order valence-electron chi connectivity index (χ1n) is 7.53. The van der Waals surface area contributed by atoms with Crippen molar-refractivity contribution in [3.05, 3.63) is 22.4 Å². The Morgan fingerprint density at radius 3 is 2.60 bits per heavy atom. The fourth-order valence-corrected chi connectivity index (χ4v) is 2.43. The van der Waals surface area contributed by atoms with Gasteiger partial charge in [-0.2, -0.15) is 5.10 Å². The van der Waals surface area contributed by atoms with Gasteiger partial charge in [-0.3, -0.25) is 4.79 Å². The molecule has 0 aliphatic carbocycles. The van der Waals surface area contributed by atoms with E-state index in [1.54, 1.807) is 6.20 Å². The number of H-pyrrole nitrogens is 1. The zero-order valence-corrected chi connectivity index (χ0v) is 12.8. The molecule has 0 radical (unpaired) electrons. The van der Waals surface area contributed by atoms with E-state index in [2.05, 4.69) is 42.8 Å². The van der Waals surface area contributed by atoms with Gasteiger partial charge in [-0.05, 0) is 25.2 Å². The van der Waals surface area contributed by atoms with E-state index in [0.717, 1.165) is 37.2 Å². The summed E-state index contributed by atoms with van der Waals surface area (Å²) in [7, 11) is 0. The second kappa shape index (κ2) is 6.20. The summed E-state index contributed by atoms with van der Waals surface area (Å²) in [5.74, 6) is 1.36. The van der Waals surface area contributed by atoms with E-state index in [1.807, 2.05) is 4.68 Å². The van der Waals surface area contributed by atoms with Crippen LogP contribution in [-0.4, -0.2) is 19.7 Å². The number of aromatic nitrogens is 4. The van der Waals surface area contributed by atoms with Crippen LogP contribution in [0.15, 0.2) is 11.0 Å². The van der Waals surface area contributed by atoms with Crippen molar-refractivity contribution in [1.82, 2.24) is 19.7 Å². The van der Waals surface area contributed by atoms with Gasteiger partial charge >= 0.3 is 0 Å². The normalized spacial score (nSPS) is 11.9. The van der Waals surface area contributed by atoms with Crippen molar-refractivity contribution >= 4 is 11.0 Å². The lowest BCUT2D eigenvalue weighted by atomic mass is 10.1. The molecule has 2 rings (SSSR count). The Balaban J connectivity index is 2.44. The van der Waals surface area contributed by atoms with Crippen LogP contribution in [-0.2, 0) is 6.42 Å². The highest BCUT2D eigenvalue weighted by Crippen LogP contribution is 2.19. The van der Waals surface area contributed by atoms with Gasteiger partial charge in [0.2, 0.25) is 0 Å². The number of rotatable bonds is 6. The van der Waals surface area contributed by atoms with Crippen LogP contribution in [0.5, 0.6) is 0 Å². The van der Waals surface area contributed by atoms with E-state index in [4.69, 9.17) is 0 Å². The molecular formula is C15H24N4O. The summed E-state index contributed by atoms with van der Waals surface area (Å²) >= 11 is 0. The van der Waals surface area contributed by atoms with Crippen LogP contribution in [0.2, 0.25) is 0 Å². The highest BCUT2D eigenvalue weighted by Gasteiger charge is 2.15. The van der Waals surface area contributed by atoms with Gasteiger partial charge in [0.1, 0.15) is 11.2 Å². The van der Waals surface area contributed by atoms with Crippen molar-refractivity contribution < 1.29 is 0 Å². The van der Waals surface area contributed by atoms with Gasteiger partial charge in [0.05, 0.1) is 12.2 Å². The minimum Gasteiger partial charge on any atom is -0.310 e. The van der Waals surface area contributed by atoms with Gasteiger partial charge < -0.3 is 4.98 Å². The van der Waals surface area contributed by atoms with Crippen molar-refractivity contribution in [2.45, 2.75) is 59.4 Å². The Bertz CT molecular complexity index is 622. The maximum atomic E-state index is 12.1. The molecule has 0 spiro atoms. The second-order valence-corrected chi connectivity index (χ2v) is 5.74. The van der Waals surface area contributed by atoms with Gasteiger partial charge in [-0.15, -0.1) is 0 Å². The lowest BCUT2D eigenvalue weighted by molar-refractivity contribution is 0.438. The molecule has 0 saturated carbocycles. The van der Waals surface area contributed by atoms with Crippen LogP contribution in [0.4, 0.5) is 0 Å². The summed E-state index contributed by atoms with van der Waals surface area (Å²) in [5, 5.41) is 4.96. The predicted molar refractivity (Wildman–Crippen MR) is 80.9 cm³/mol. The minimum atomic E-state index is -0.0778. The first-order valence-corrected chi connectivity index (χ1v) is 7.53. The molecule has 20 heavy (non-hydrogen) atoms. The first-order chi connectivity index (χ1) is 9.56. The molecule has 0 bridgehead atoms. The quantitative estimate of drug-likeness (QED) is 0.882. The summed E-state index contributed by atoms with van der Waals surface area (Å²) in [6.45, 7) is 8.61. The van der Waals surface area contributed by atoms with Crippen molar-refractivity contribution in [1.29, 1.82) is 0 Å². The molecule has 2 aromatic rings. The molecule has 0 aliphatic heterocycles. The largest absolute Gasteiger partial charge is 0.310 e. The molecule has 0 amide bonds. The third kappa shape index (κ3) is 2.92. The van der Waals surface area contributed by atoms with Gasteiger partial charge in [0.15, 0.2) is 5.65 Å². The van der Waals surface area contributed by atoms with Gasteiger partial charge in [-0.25, -0.2) is 9.67 Å². The van der Waals surface area contributed by atoms with Crippen LogP contribution in [0.25, 0.3) is 11.0 Å². The fraction of sp³-hybridized carbons (Fsp3) is 0.667.